The van der Waals surface area contributed by atoms with Gasteiger partial charge in [-0.3, -0.25) is 0 Å². The van der Waals surface area contributed by atoms with Crippen molar-refractivity contribution < 1.29 is 13.2 Å². The molecular formula is C22H25F3. The molecule has 0 saturated heterocycles. The number of aryl methyl sites for hydroxylation is 1. The molecule has 1 saturated carbocycles. The van der Waals surface area contributed by atoms with Gasteiger partial charge in [-0.2, -0.15) is 0 Å². The van der Waals surface area contributed by atoms with E-state index in [0.717, 1.165) is 37.2 Å². The molecule has 2 aromatic rings. The number of hydrogen-bond acceptors (Lipinski definition) is 0. The zero-order valence-corrected chi connectivity index (χ0v) is 14.9. The third-order valence-electron chi connectivity index (χ3n) is 5.54. The van der Waals surface area contributed by atoms with Crippen molar-refractivity contribution in [2.75, 3.05) is 0 Å². The molecular weight excluding hydrogens is 321 g/mol. The van der Waals surface area contributed by atoms with E-state index >= 15 is 0 Å². The Balaban J connectivity index is 1.84. The van der Waals surface area contributed by atoms with Crippen LogP contribution in [0.5, 0.6) is 0 Å². The van der Waals surface area contributed by atoms with Crippen LogP contribution in [0, 0.1) is 30.3 Å². The Morgan fingerprint density at radius 2 is 1.52 bits per heavy atom. The Morgan fingerprint density at radius 1 is 0.880 bits per heavy atom. The zero-order valence-electron chi connectivity index (χ0n) is 14.9. The maximum absolute atomic E-state index is 14.6. The zero-order chi connectivity index (χ0) is 18.0. The molecule has 1 aliphatic carbocycles. The van der Waals surface area contributed by atoms with Crippen molar-refractivity contribution in [3.8, 4) is 11.1 Å². The van der Waals surface area contributed by atoms with Gasteiger partial charge in [-0.1, -0.05) is 31.9 Å². The summed E-state index contributed by atoms with van der Waals surface area (Å²) in [5, 5.41) is 0. The average molecular weight is 346 g/mol. The number of rotatable bonds is 4. The smallest absolute Gasteiger partial charge is 0.134 e. The van der Waals surface area contributed by atoms with Gasteiger partial charge in [0.05, 0.1) is 5.56 Å². The van der Waals surface area contributed by atoms with Crippen molar-refractivity contribution in [3.05, 3.63) is 58.9 Å². The van der Waals surface area contributed by atoms with Gasteiger partial charge >= 0.3 is 0 Å². The fraction of sp³-hybridized carbons (Fsp3) is 0.455. The summed E-state index contributed by atoms with van der Waals surface area (Å²) in [6.07, 6.45) is 6.68. The molecule has 1 fully saturated rings. The molecule has 134 valence electrons. The maximum atomic E-state index is 14.6. The van der Waals surface area contributed by atoms with E-state index < -0.39 is 17.5 Å². The SMILES string of the molecule is CCCC1CCC(c2cc(F)c(-c3ccc(C)c(F)c3)c(F)c2)CC1. The molecule has 0 bridgehead atoms. The quantitative estimate of drug-likeness (QED) is 0.551. The summed E-state index contributed by atoms with van der Waals surface area (Å²) in [6, 6.07) is 7.20. The monoisotopic (exact) mass is 346 g/mol. The molecule has 0 aliphatic heterocycles. The van der Waals surface area contributed by atoms with Crippen molar-refractivity contribution >= 4 is 0 Å². The van der Waals surface area contributed by atoms with Gasteiger partial charge < -0.3 is 0 Å². The minimum absolute atomic E-state index is 0.137. The first kappa shape index (κ1) is 18.0. The summed E-state index contributed by atoms with van der Waals surface area (Å²) in [6.45, 7) is 3.83. The Bertz CT molecular complexity index is 720. The molecule has 0 spiro atoms. The van der Waals surface area contributed by atoms with Crippen LogP contribution in [0.1, 0.15) is 62.5 Å². The molecule has 3 heteroatoms. The van der Waals surface area contributed by atoms with E-state index in [1.807, 2.05) is 0 Å². The number of benzene rings is 2. The first-order valence-corrected chi connectivity index (χ1v) is 9.25. The van der Waals surface area contributed by atoms with Crippen LogP contribution in [-0.2, 0) is 0 Å². The van der Waals surface area contributed by atoms with Crippen molar-refractivity contribution in [1.82, 2.24) is 0 Å². The normalized spacial score (nSPS) is 20.7. The van der Waals surface area contributed by atoms with Gasteiger partial charge in [0.2, 0.25) is 0 Å². The molecule has 0 radical (unpaired) electrons. The second-order valence-electron chi connectivity index (χ2n) is 7.33. The minimum Gasteiger partial charge on any atom is -0.207 e. The van der Waals surface area contributed by atoms with Crippen LogP contribution in [0.25, 0.3) is 11.1 Å². The van der Waals surface area contributed by atoms with Crippen molar-refractivity contribution in [1.29, 1.82) is 0 Å². The fourth-order valence-corrected chi connectivity index (χ4v) is 4.05. The molecule has 3 rings (SSSR count). The van der Waals surface area contributed by atoms with Gasteiger partial charge in [-0.15, -0.1) is 0 Å². The first-order chi connectivity index (χ1) is 12.0. The van der Waals surface area contributed by atoms with E-state index in [1.54, 1.807) is 19.1 Å². The predicted octanol–water partition coefficient (Wildman–Crippen LogP) is 7.15. The summed E-state index contributed by atoms with van der Waals surface area (Å²) < 4.78 is 43.0. The molecule has 0 unspecified atom stereocenters. The molecule has 0 nitrogen and oxygen atoms in total. The van der Waals surface area contributed by atoms with E-state index in [2.05, 4.69) is 6.92 Å². The third kappa shape index (κ3) is 3.91. The lowest BCUT2D eigenvalue weighted by atomic mass is 9.77. The lowest BCUT2D eigenvalue weighted by molar-refractivity contribution is 0.307. The third-order valence-corrected chi connectivity index (χ3v) is 5.54. The van der Waals surface area contributed by atoms with Crippen LogP contribution >= 0.6 is 0 Å². The Kier molecular flexibility index (Phi) is 5.51. The largest absolute Gasteiger partial charge is 0.207 e. The van der Waals surface area contributed by atoms with Crippen LogP contribution in [0.2, 0.25) is 0 Å². The van der Waals surface area contributed by atoms with Crippen LogP contribution in [0.3, 0.4) is 0 Å². The van der Waals surface area contributed by atoms with Gasteiger partial charge in [0.25, 0.3) is 0 Å². The van der Waals surface area contributed by atoms with Crippen LogP contribution in [0.15, 0.2) is 30.3 Å². The number of halogens is 3. The Morgan fingerprint density at radius 3 is 2.08 bits per heavy atom. The molecule has 2 aromatic carbocycles. The second kappa shape index (κ2) is 7.63. The molecule has 1 aliphatic rings. The highest BCUT2D eigenvalue weighted by atomic mass is 19.1. The maximum Gasteiger partial charge on any atom is 0.134 e. The van der Waals surface area contributed by atoms with E-state index in [-0.39, 0.29) is 17.0 Å². The standard InChI is InChI=1S/C22H25F3/c1-3-4-15-6-9-16(10-7-15)18-12-20(24)22(21(25)13-18)17-8-5-14(2)19(23)11-17/h5,8,11-13,15-16H,3-4,6-7,9-10H2,1-2H3. The Hall–Kier alpha value is -1.77. The van der Waals surface area contributed by atoms with Crippen molar-refractivity contribution in [3.63, 3.8) is 0 Å². The number of hydrogen-bond donors (Lipinski definition) is 0. The lowest BCUT2D eigenvalue weighted by Gasteiger charge is -2.29. The van der Waals surface area contributed by atoms with Crippen molar-refractivity contribution in [2.45, 2.75) is 58.3 Å². The summed E-state index contributed by atoms with van der Waals surface area (Å²) in [7, 11) is 0. The lowest BCUT2D eigenvalue weighted by Crippen LogP contribution is -2.13. The summed E-state index contributed by atoms with van der Waals surface area (Å²) in [4.78, 5) is 0. The van der Waals surface area contributed by atoms with Gasteiger partial charge in [-0.05, 0) is 79.3 Å². The molecule has 0 N–H and O–H groups in total. The molecule has 0 aromatic heterocycles. The van der Waals surface area contributed by atoms with Gasteiger partial charge in [0, 0.05) is 0 Å². The topological polar surface area (TPSA) is 0 Å². The van der Waals surface area contributed by atoms with Crippen LogP contribution in [-0.4, -0.2) is 0 Å². The van der Waals surface area contributed by atoms with Crippen molar-refractivity contribution in [2.24, 2.45) is 5.92 Å². The van der Waals surface area contributed by atoms with Crippen LogP contribution in [0.4, 0.5) is 13.2 Å². The highest BCUT2D eigenvalue weighted by Gasteiger charge is 2.24. The van der Waals surface area contributed by atoms with E-state index in [4.69, 9.17) is 0 Å². The minimum atomic E-state index is -0.603. The van der Waals surface area contributed by atoms with E-state index in [0.29, 0.717) is 5.56 Å². The molecule has 25 heavy (non-hydrogen) atoms. The van der Waals surface area contributed by atoms with Crippen LogP contribution < -0.4 is 0 Å². The van der Waals surface area contributed by atoms with Gasteiger partial charge in [0.15, 0.2) is 0 Å². The summed E-state index contributed by atoms with van der Waals surface area (Å²) >= 11 is 0. The van der Waals surface area contributed by atoms with E-state index in [1.165, 1.54) is 31.0 Å². The highest BCUT2D eigenvalue weighted by molar-refractivity contribution is 5.66. The molecule has 0 amide bonds. The summed E-state index contributed by atoms with van der Waals surface area (Å²) in [5.74, 6) is -0.677. The fourth-order valence-electron chi connectivity index (χ4n) is 4.05. The van der Waals surface area contributed by atoms with Gasteiger partial charge in [-0.25, -0.2) is 13.2 Å². The first-order valence-electron chi connectivity index (χ1n) is 9.25. The van der Waals surface area contributed by atoms with E-state index in [9.17, 15) is 13.2 Å². The predicted molar refractivity (Wildman–Crippen MR) is 96.1 cm³/mol. The van der Waals surface area contributed by atoms with Gasteiger partial charge in [0.1, 0.15) is 17.5 Å². The molecule has 0 atom stereocenters. The second-order valence-corrected chi connectivity index (χ2v) is 7.33. The molecule has 0 heterocycles. The highest BCUT2D eigenvalue weighted by Crippen LogP contribution is 2.39. The summed E-state index contributed by atoms with van der Waals surface area (Å²) in [5.41, 5.74) is 1.31. The Labute approximate surface area is 148 Å². The average Bonchev–Trinajstić information content (AvgIpc) is 2.58.